The summed E-state index contributed by atoms with van der Waals surface area (Å²) in [6, 6.07) is 5.44. The van der Waals surface area contributed by atoms with E-state index in [0.717, 1.165) is 18.8 Å². The molecular formula is C21H29Cl2N5O. The summed E-state index contributed by atoms with van der Waals surface area (Å²) in [5.41, 5.74) is 1.39. The summed E-state index contributed by atoms with van der Waals surface area (Å²) in [7, 11) is 2.21. The number of amidine groups is 1. The van der Waals surface area contributed by atoms with Crippen LogP contribution in [0.25, 0.3) is 0 Å². The lowest BCUT2D eigenvalue weighted by atomic mass is 9.71. The van der Waals surface area contributed by atoms with Gasteiger partial charge >= 0.3 is 0 Å². The number of hydrogen-bond acceptors (Lipinski definition) is 5. The highest BCUT2D eigenvalue weighted by Gasteiger charge is 2.37. The van der Waals surface area contributed by atoms with Crippen molar-refractivity contribution in [2.24, 2.45) is 10.5 Å². The minimum absolute atomic E-state index is 0.0269. The Hall–Kier alpha value is -1.34. The van der Waals surface area contributed by atoms with Crippen molar-refractivity contribution in [3.63, 3.8) is 0 Å². The maximum Gasteiger partial charge on any atom is 0.239 e. The van der Waals surface area contributed by atoms with E-state index in [-0.39, 0.29) is 5.91 Å². The second-order valence-electron chi connectivity index (χ2n) is 8.65. The van der Waals surface area contributed by atoms with E-state index >= 15 is 0 Å². The lowest BCUT2D eigenvalue weighted by Crippen LogP contribution is -2.48. The van der Waals surface area contributed by atoms with E-state index in [9.17, 15) is 4.79 Å². The second-order valence-corrected chi connectivity index (χ2v) is 9.46. The van der Waals surface area contributed by atoms with Crippen LogP contribution < -0.4 is 10.3 Å². The first-order valence-electron chi connectivity index (χ1n) is 10.4. The largest absolute Gasteiger partial charge is 0.312 e. The monoisotopic (exact) mass is 437 g/mol. The molecule has 1 spiro atoms. The molecule has 158 valence electrons. The standard InChI is InChI=1S/C21H29Cl2N5O/c1-26-10-5-21(6-11-26)7-12-27(13-8-21)15-20(29)24-19-4-9-28(25-19)16-2-3-17(22)18(23)14-16/h2-3,14H,4-13,15H2,1H3,(H,24,25,29). The van der Waals surface area contributed by atoms with Crippen LogP contribution in [0.2, 0.25) is 10.0 Å². The number of nitrogens with zero attached hydrogens (tertiary/aromatic N) is 4. The van der Waals surface area contributed by atoms with Crippen molar-refractivity contribution < 1.29 is 4.79 Å². The third kappa shape index (κ3) is 5.05. The Morgan fingerprint density at radius 1 is 1.07 bits per heavy atom. The van der Waals surface area contributed by atoms with Gasteiger partial charge in [-0.05, 0) is 82.5 Å². The molecule has 2 fully saturated rings. The number of nitrogens with one attached hydrogen (secondary N) is 1. The van der Waals surface area contributed by atoms with Crippen molar-refractivity contribution in [3.05, 3.63) is 28.2 Å². The number of carbonyl (C=O) groups is 1. The quantitative estimate of drug-likeness (QED) is 0.786. The van der Waals surface area contributed by atoms with E-state index in [1.807, 2.05) is 11.1 Å². The van der Waals surface area contributed by atoms with Gasteiger partial charge in [-0.25, -0.2) is 0 Å². The first kappa shape index (κ1) is 20.9. The minimum atomic E-state index is 0.0269. The van der Waals surface area contributed by atoms with E-state index < -0.39 is 0 Å². The van der Waals surface area contributed by atoms with E-state index in [4.69, 9.17) is 23.2 Å². The fraction of sp³-hybridized carbons (Fsp3) is 0.619. The minimum Gasteiger partial charge on any atom is -0.312 e. The van der Waals surface area contributed by atoms with Gasteiger partial charge in [-0.2, -0.15) is 5.10 Å². The highest BCUT2D eigenvalue weighted by molar-refractivity contribution is 6.42. The smallest absolute Gasteiger partial charge is 0.239 e. The van der Waals surface area contributed by atoms with Crippen molar-refractivity contribution in [2.75, 3.05) is 51.3 Å². The molecular weight excluding hydrogens is 409 g/mol. The molecule has 1 aromatic carbocycles. The van der Waals surface area contributed by atoms with Crippen LogP contribution >= 0.6 is 23.2 Å². The van der Waals surface area contributed by atoms with Crippen LogP contribution in [-0.2, 0) is 4.79 Å². The van der Waals surface area contributed by atoms with Crippen molar-refractivity contribution in [1.82, 2.24) is 15.1 Å². The molecule has 1 amide bonds. The van der Waals surface area contributed by atoms with Gasteiger partial charge in [0.1, 0.15) is 5.84 Å². The number of piperidine rings is 2. The average molecular weight is 438 g/mol. The zero-order valence-electron chi connectivity index (χ0n) is 17.0. The van der Waals surface area contributed by atoms with Crippen LogP contribution in [-0.4, -0.2) is 67.9 Å². The Kier molecular flexibility index (Phi) is 6.35. The maximum atomic E-state index is 12.5. The van der Waals surface area contributed by atoms with Crippen LogP contribution in [0, 0.1) is 5.41 Å². The van der Waals surface area contributed by atoms with Gasteiger partial charge in [0.25, 0.3) is 0 Å². The van der Waals surface area contributed by atoms with E-state index in [2.05, 4.69) is 27.3 Å². The number of likely N-dealkylation sites (tertiary alicyclic amines) is 2. The van der Waals surface area contributed by atoms with Crippen LogP contribution in [0.1, 0.15) is 32.1 Å². The van der Waals surface area contributed by atoms with Crippen LogP contribution in [0.15, 0.2) is 23.3 Å². The molecule has 0 aromatic heterocycles. The lowest BCUT2D eigenvalue weighted by Gasteiger charge is -2.46. The van der Waals surface area contributed by atoms with Gasteiger partial charge in [0, 0.05) is 13.0 Å². The molecule has 0 radical (unpaired) electrons. The molecule has 3 aliphatic rings. The summed E-state index contributed by atoms with van der Waals surface area (Å²) in [6.45, 7) is 5.60. The molecule has 0 atom stereocenters. The molecule has 4 rings (SSSR count). The van der Waals surface area contributed by atoms with E-state index in [0.29, 0.717) is 40.8 Å². The molecule has 6 nitrogen and oxygen atoms in total. The van der Waals surface area contributed by atoms with Crippen molar-refractivity contribution in [3.8, 4) is 0 Å². The number of anilines is 1. The highest BCUT2D eigenvalue weighted by atomic mass is 35.5. The highest BCUT2D eigenvalue weighted by Crippen LogP contribution is 2.40. The number of hydrazone groups is 1. The van der Waals surface area contributed by atoms with Crippen LogP contribution in [0.5, 0.6) is 0 Å². The fourth-order valence-electron chi connectivity index (χ4n) is 4.56. The number of amides is 1. The van der Waals surface area contributed by atoms with Gasteiger partial charge in [-0.15, -0.1) is 0 Å². The molecule has 0 bridgehead atoms. The summed E-state index contributed by atoms with van der Waals surface area (Å²) < 4.78 is 0. The Bertz CT molecular complexity index is 781. The average Bonchev–Trinajstić information content (AvgIpc) is 3.17. The summed E-state index contributed by atoms with van der Waals surface area (Å²) in [4.78, 5) is 17.2. The molecule has 0 saturated carbocycles. The van der Waals surface area contributed by atoms with E-state index in [1.165, 1.54) is 38.8 Å². The van der Waals surface area contributed by atoms with E-state index in [1.54, 1.807) is 12.1 Å². The van der Waals surface area contributed by atoms with Gasteiger partial charge in [-0.3, -0.25) is 14.7 Å². The van der Waals surface area contributed by atoms with Gasteiger partial charge in [0.15, 0.2) is 0 Å². The molecule has 2 saturated heterocycles. The molecule has 3 aliphatic heterocycles. The number of benzene rings is 1. The van der Waals surface area contributed by atoms with Gasteiger partial charge in [0.05, 0.1) is 22.3 Å². The molecule has 0 aliphatic carbocycles. The van der Waals surface area contributed by atoms with Gasteiger partial charge in [0.2, 0.25) is 5.91 Å². The Balaban J connectivity index is 1.25. The summed E-state index contributed by atoms with van der Waals surface area (Å²) >= 11 is 12.1. The van der Waals surface area contributed by atoms with Gasteiger partial charge < -0.3 is 10.2 Å². The number of halogens is 2. The Labute approximate surface area is 182 Å². The fourth-order valence-corrected chi connectivity index (χ4v) is 4.85. The number of rotatable bonds is 3. The number of hydrogen-bond donors (Lipinski definition) is 1. The van der Waals surface area contributed by atoms with Gasteiger partial charge in [-0.1, -0.05) is 23.2 Å². The zero-order chi connectivity index (χ0) is 20.4. The Morgan fingerprint density at radius 3 is 2.45 bits per heavy atom. The third-order valence-electron chi connectivity index (χ3n) is 6.62. The SMILES string of the molecule is CN1CCC2(CC1)CCN(CC(=O)NC1=NN(c3ccc(Cl)c(Cl)c3)CC1)CC2. The van der Waals surface area contributed by atoms with Crippen LogP contribution in [0.4, 0.5) is 5.69 Å². The van der Waals surface area contributed by atoms with Crippen molar-refractivity contribution in [2.45, 2.75) is 32.1 Å². The maximum absolute atomic E-state index is 12.5. The summed E-state index contributed by atoms with van der Waals surface area (Å²) in [5.74, 6) is 0.740. The first-order valence-corrected chi connectivity index (χ1v) is 11.2. The van der Waals surface area contributed by atoms with Crippen molar-refractivity contribution >= 4 is 40.6 Å². The first-order chi connectivity index (χ1) is 13.9. The normalized spacial score (nSPS) is 22.7. The summed E-state index contributed by atoms with van der Waals surface area (Å²) in [6.07, 6.45) is 5.72. The Morgan fingerprint density at radius 2 is 1.76 bits per heavy atom. The topological polar surface area (TPSA) is 51.2 Å². The lowest BCUT2D eigenvalue weighted by molar-refractivity contribution is -0.121. The third-order valence-corrected chi connectivity index (χ3v) is 7.36. The molecule has 1 aromatic rings. The number of carbonyl (C=O) groups excluding carboxylic acids is 1. The van der Waals surface area contributed by atoms with Crippen molar-refractivity contribution in [1.29, 1.82) is 0 Å². The molecule has 1 N–H and O–H groups in total. The molecule has 29 heavy (non-hydrogen) atoms. The predicted octanol–water partition coefficient (Wildman–Crippen LogP) is 3.44. The molecule has 0 unspecified atom stereocenters. The molecule has 3 heterocycles. The zero-order valence-corrected chi connectivity index (χ0v) is 18.5. The molecule has 8 heteroatoms. The second kappa shape index (κ2) is 8.80. The van der Waals surface area contributed by atoms with Crippen LogP contribution in [0.3, 0.4) is 0 Å². The summed E-state index contributed by atoms with van der Waals surface area (Å²) in [5, 5.41) is 10.4. The predicted molar refractivity (Wildman–Crippen MR) is 119 cm³/mol.